The number of hydrogen-bond donors (Lipinski definition) is 0. The van der Waals surface area contributed by atoms with Gasteiger partial charge in [0, 0.05) is 5.41 Å². The van der Waals surface area contributed by atoms with Gasteiger partial charge in [-0.2, -0.15) is 0 Å². The van der Waals surface area contributed by atoms with Crippen LogP contribution in [0.25, 0.3) is 0 Å². The van der Waals surface area contributed by atoms with Crippen LogP contribution in [-0.4, -0.2) is 11.6 Å². The van der Waals surface area contributed by atoms with Crippen LogP contribution in [0.5, 0.6) is 0 Å². The summed E-state index contributed by atoms with van der Waals surface area (Å²) in [7, 11) is 0. The van der Waals surface area contributed by atoms with Crippen molar-refractivity contribution in [2.45, 2.75) is 104 Å². The van der Waals surface area contributed by atoms with Crippen molar-refractivity contribution in [3.8, 4) is 0 Å². The molecule has 2 saturated carbocycles. The second kappa shape index (κ2) is 6.30. The van der Waals surface area contributed by atoms with Crippen LogP contribution in [0, 0.1) is 10.8 Å². The van der Waals surface area contributed by atoms with Gasteiger partial charge in [-0.15, -0.1) is 0 Å². The minimum absolute atomic E-state index is 0.0278. The lowest BCUT2D eigenvalue weighted by Gasteiger charge is -2.47. The monoisotopic (exact) mass is 294 g/mol. The molecule has 2 fully saturated rings. The molecule has 2 nitrogen and oxygen atoms in total. The quantitative estimate of drug-likeness (QED) is 0.495. The average molecular weight is 294 g/mol. The summed E-state index contributed by atoms with van der Waals surface area (Å²) in [6, 6.07) is 0. The largest absolute Gasteiger partial charge is 0.458 e. The highest BCUT2D eigenvalue weighted by molar-refractivity contribution is 5.76. The Morgan fingerprint density at radius 1 is 0.952 bits per heavy atom. The van der Waals surface area contributed by atoms with Gasteiger partial charge in [-0.05, 0) is 58.8 Å². The molecule has 2 heteroatoms. The van der Waals surface area contributed by atoms with Crippen molar-refractivity contribution < 1.29 is 9.53 Å². The maximum Gasteiger partial charge on any atom is 0.312 e. The first kappa shape index (κ1) is 16.8. The zero-order valence-corrected chi connectivity index (χ0v) is 14.6. The minimum Gasteiger partial charge on any atom is -0.458 e. The summed E-state index contributed by atoms with van der Waals surface area (Å²) in [5, 5.41) is 0. The molecule has 122 valence electrons. The number of rotatable bonds is 4. The van der Waals surface area contributed by atoms with Gasteiger partial charge in [-0.25, -0.2) is 0 Å². The topological polar surface area (TPSA) is 26.3 Å². The molecule has 2 aliphatic rings. The molecule has 0 aromatic heterocycles. The fourth-order valence-electron chi connectivity index (χ4n) is 4.20. The minimum atomic E-state index is -0.353. The van der Waals surface area contributed by atoms with Gasteiger partial charge >= 0.3 is 5.97 Å². The van der Waals surface area contributed by atoms with Gasteiger partial charge in [-0.3, -0.25) is 4.79 Å². The van der Waals surface area contributed by atoms with Crippen LogP contribution < -0.4 is 0 Å². The van der Waals surface area contributed by atoms with Crippen molar-refractivity contribution in [2.24, 2.45) is 10.8 Å². The Morgan fingerprint density at radius 2 is 1.43 bits per heavy atom. The van der Waals surface area contributed by atoms with E-state index >= 15 is 0 Å². The predicted octanol–water partition coefficient (Wildman–Crippen LogP) is 5.64. The predicted molar refractivity (Wildman–Crippen MR) is 87.2 cm³/mol. The third-order valence-corrected chi connectivity index (χ3v) is 6.44. The summed E-state index contributed by atoms with van der Waals surface area (Å²) in [6.07, 6.45) is 13.1. The van der Waals surface area contributed by atoms with Gasteiger partial charge in [0.25, 0.3) is 0 Å². The molecule has 2 rings (SSSR count). The summed E-state index contributed by atoms with van der Waals surface area (Å²) < 4.78 is 6.36. The Labute approximate surface area is 131 Å². The molecular weight excluding hydrogens is 260 g/mol. The summed E-state index contributed by atoms with van der Waals surface area (Å²) >= 11 is 0. The highest BCUT2D eigenvalue weighted by Crippen LogP contribution is 2.54. The molecule has 0 unspecified atom stereocenters. The van der Waals surface area contributed by atoms with Crippen molar-refractivity contribution in [1.29, 1.82) is 0 Å². The van der Waals surface area contributed by atoms with Crippen LogP contribution >= 0.6 is 0 Å². The maximum atomic E-state index is 12.8. The van der Waals surface area contributed by atoms with E-state index in [2.05, 4.69) is 13.8 Å². The van der Waals surface area contributed by atoms with Crippen LogP contribution in [-0.2, 0) is 9.53 Å². The van der Waals surface area contributed by atoms with Crippen molar-refractivity contribution in [1.82, 2.24) is 0 Å². The van der Waals surface area contributed by atoms with Crippen molar-refractivity contribution in [3.05, 3.63) is 0 Å². The van der Waals surface area contributed by atoms with E-state index in [1.165, 1.54) is 51.4 Å². The first-order valence-corrected chi connectivity index (χ1v) is 9.09. The van der Waals surface area contributed by atoms with E-state index in [-0.39, 0.29) is 22.4 Å². The van der Waals surface area contributed by atoms with E-state index < -0.39 is 0 Å². The van der Waals surface area contributed by atoms with E-state index in [9.17, 15) is 4.79 Å². The summed E-state index contributed by atoms with van der Waals surface area (Å²) in [5.41, 5.74) is -0.339. The van der Waals surface area contributed by atoms with Gasteiger partial charge in [0.15, 0.2) is 0 Å². The SMILES string of the molecule is CCC(C)(C)C(=O)OC1(C2(C)CCCC2)CCCCCC1. The maximum absolute atomic E-state index is 12.8. The third-order valence-electron chi connectivity index (χ3n) is 6.44. The molecule has 0 atom stereocenters. The molecule has 0 bridgehead atoms. The average Bonchev–Trinajstić information content (AvgIpc) is 2.76. The Morgan fingerprint density at radius 3 is 1.90 bits per heavy atom. The Hall–Kier alpha value is -0.530. The van der Waals surface area contributed by atoms with E-state index in [0.29, 0.717) is 0 Å². The van der Waals surface area contributed by atoms with E-state index in [1.807, 2.05) is 13.8 Å². The van der Waals surface area contributed by atoms with E-state index in [1.54, 1.807) is 0 Å². The van der Waals surface area contributed by atoms with Crippen LogP contribution in [0.3, 0.4) is 0 Å². The van der Waals surface area contributed by atoms with E-state index in [0.717, 1.165) is 19.3 Å². The number of carbonyl (C=O) groups is 1. The van der Waals surface area contributed by atoms with Crippen molar-refractivity contribution >= 4 is 5.97 Å². The van der Waals surface area contributed by atoms with Gasteiger partial charge in [0.05, 0.1) is 5.41 Å². The lowest BCUT2D eigenvalue weighted by atomic mass is 9.67. The first-order chi connectivity index (χ1) is 9.85. The second-order valence-electron chi connectivity index (χ2n) is 8.30. The number of hydrogen-bond acceptors (Lipinski definition) is 2. The Kier molecular flexibility index (Phi) is 5.05. The fraction of sp³-hybridized carbons (Fsp3) is 0.947. The third kappa shape index (κ3) is 3.29. The van der Waals surface area contributed by atoms with Crippen molar-refractivity contribution in [2.75, 3.05) is 0 Å². The van der Waals surface area contributed by atoms with Gasteiger partial charge in [0.1, 0.15) is 5.60 Å². The molecule has 0 amide bonds. The van der Waals surface area contributed by atoms with Gasteiger partial charge in [-0.1, -0.05) is 39.5 Å². The lowest BCUT2D eigenvalue weighted by Crippen LogP contribution is -2.50. The Balaban J connectivity index is 2.25. The van der Waals surface area contributed by atoms with Gasteiger partial charge < -0.3 is 4.74 Å². The Bertz CT molecular complexity index is 356. The molecular formula is C19H34O2. The fourth-order valence-corrected chi connectivity index (χ4v) is 4.20. The van der Waals surface area contributed by atoms with E-state index in [4.69, 9.17) is 4.74 Å². The summed E-state index contributed by atoms with van der Waals surface area (Å²) in [5.74, 6) is 0.0278. The number of esters is 1. The molecule has 0 aromatic rings. The molecule has 0 N–H and O–H groups in total. The molecule has 0 saturated heterocycles. The normalized spacial score (nSPS) is 25.3. The molecule has 21 heavy (non-hydrogen) atoms. The molecule has 0 aliphatic heterocycles. The molecule has 0 heterocycles. The van der Waals surface area contributed by atoms with Crippen molar-refractivity contribution in [3.63, 3.8) is 0 Å². The molecule has 0 spiro atoms. The highest BCUT2D eigenvalue weighted by Gasteiger charge is 2.52. The van der Waals surface area contributed by atoms with Crippen LogP contribution in [0.1, 0.15) is 98.3 Å². The smallest absolute Gasteiger partial charge is 0.312 e. The number of carbonyl (C=O) groups excluding carboxylic acids is 1. The lowest BCUT2D eigenvalue weighted by molar-refractivity contribution is -0.190. The first-order valence-electron chi connectivity index (χ1n) is 9.09. The standard InChI is InChI=1S/C19H34O2/c1-5-17(2,3)16(20)21-19(14-8-6-7-9-15-19)18(4)12-10-11-13-18/h5-15H2,1-4H3. The van der Waals surface area contributed by atoms with Crippen LogP contribution in [0.15, 0.2) is 0 Å². The zero-order valence-electron chi connectivity index (χ0n) is 14.6. The van der Waals surface area contributed by atoms with Crippen LogP contribution in [0.4, 0.5) is 0 Å². The molecule has 2 aliphatic carbocycles. The van der Waals surface area contributed by atoms with Gasteiger partial charge in [0.2, 0.25) is 0 Å². The second-order valence-corrected chi connectivity index (χ2v) is 8.30. The molecule has 0 radical (unpaired) electrons. The summed E-state index contributed by atoms with van der Waals surface area (Å²) in [6.45, 7) is 8.52. The molecule has 0 aromatic carbocycles. The van der Waals surface area contributed by atoms with Crippen LogP contribution in [0.2, 0.25) is 0 Å². The summed E-state index contributed by atoms with van der Waals surface area (Å²) in [4.78, 5) is 12.8. The number of ether oxygens (including phenoxy) is 1. The zero-order chi connectivity index (χ0) is 15.6. The highest BCUT2D eigenvalue weighted by atomic mass is 16.6.